The minimum Gasteiger partial charge on any atom is -0.504 e. The Kier molecular flexibility index (Phi) is 5.21. The van der Waals surface area contributed by atoms with E-state index in [0.29, 0.717) is 36.0 Å². The summed E-state index contributed by atoms with van der Waals surface area (Å²) < 4.78 is 21.4. The molecule has 0 amide bonds. The normalized spacial score (nSPS) is 12.8. The van der Waals surface area contributed by atoms with Crippen molar-refractivity contribution in [2.75, 3.05) is 35.0 Å². The SMILES string of the molecule is COc1cc2c(cc1O)C(Cc1cc(OC)c(OC)c(OC)c1)=NCC2. The average Bonchev–Trinajstić information content (AvgIpc) is 2.67. The Labute approximate surface area is 153 Å². The van der Waals surface area contributed by atoms with Gasteiger partial charge in [-0.1, -0.05) is 0 Å². The number of fused-ring (bicyclic) bond motifs is 1. The number of aliphatic imine (C=N–C) groups is 1. The van der Waals surface area contributed by atoms with Gasteiger partial charge in [0.25, 0.3) is 0 Å². The molecule has 0 saturated heterocycles. The Morgan fingerprint density at radius 3 is 2.12 bits per heavy atom. The number of aromatic hydroxyl groups is 1. The van der Waals surface area contributed by atoms with Gasteiger partial charge in [0.1, 0.15) is 0 Å². The van der Waals surface area contributed by atoms with Crippen molar-refractivity contribution in [1.82, 2.24) is 0 Å². The van der Waals surface area contributed by atoms with E-state index >= 15 is 0 Å². The van der Waals surface area contributed by atoms with Crippen LogP contribution in [0.4, 0.5) is 0 Å². The van der Waals surface area contributed by atoms with Crippen LogP contribution in [-0.2, 0) is 12.8 Å². The lowest BCUT2D eigenvalue weighted by atomic mass is 9.93. The zero-order valence-corrected chi connectivity index (χ0v) is 15.5. The fourth-order valence-corrected chi connectivity index (χ4v) is 3.23. The van der Waals surface area contributed by atoms with Crippen LogP contribution in [0.25, 0.3) is 0 Å². The zero-order chi connectivity index (χ0) is 18.7. The first-order valence-electron chi connectivity index (χ1n) is 8.33. The molecule has 0 aliphatic carbocycles. The molecule has 0 radical (unpaired) electrons. The van der Waals surface area contributed by atoms with Crippen molar-refractivity contribution in [3.8, 4) is 28.7 Å². The number of rotatable bonds is 6. The Morgan fingerprint density at radius 1 is 0.885 bits per heavy atom. The number of phenols is 1. The predicted molar refractivity (Wildman–Crippen MR) is 99.6 cm³/mol. The summed E-state index contributed by atoms with van der Waals surface area (Å²) in [5, 5.41) is 10.1. The lowest BCUT2D eigenvalue weighted by Crippen LogP contribution is -2.15. The molecule has 0 unspecified atom stereocenters. The summed E-state index contributed by atoms with van der Waals surface area (Å²) in [6, 6.07) is 7.45. The Bertz CT molecular complexity index is 819. The van der Waals surface area contributed by atoms with Gasteiger partial charge < -0.3 is 24.1 Å². The third kappa shape index (κ3) is 3.27. The highest BCUT2D eigenvalue weighted by Crippen LogP contribution is 2.39. The first-order chi connectivity index (χ1) is 12.6. The maximum Gasteiger partial charge on any atom is 0.203 e. The maximum absolute atomic E-state index is 10.1. The number of ether oxygens (including phenoxy) is 4. The van der Waals surface area contributed by atoms with Crippen LogP contribution in [0, 0.1) is 0 Å². The first kappa shape index (κ1) is 17.9. The summed E-state index contributed by atoms with van der Waals surface area (Å²) in [7, 11) is 6.32. The molecule has 0 saturated carbocycles. The summed E-state index contributed by atoms with van der Waals surface area (Å²) in [5.74, 6) is 2.38. The molecule has 1 aliphatic heterocycles. The number of methoxy groups -OCH3 is 4. The molecule has 26 heavy (non-hydrogen) atoms. The molecular formula is C20H23NO5. The van der Waals surface area contributed by atoms with Crippen LogP contribution in [0.5, 0.6) is 28.7 Å². The lowest BCUT2D eigenvalue weighted by Gasteiger charge is -2.20. The highest BCUT2D eigenvalue weighted by molar-refractivity contribution is 6.04. The maximum atomic E-state index is 10.1. The Morgan fingerprint density at radius 2 is 1.54 bits per heavy atom. The molecule has 1 N–H and O–H groups in total. The predicted octanol–water partition coefficient (Wildman–Crippen LogP) is 3.01. The second-order valence-electron chi connectivity index (χ2n) is 5.97. The molecule has 1 aliphatic rings. The molecule has 6 nitrogen and oxygen atoms in total. The minimum atomic E-state index is 0.116. The summed E-state index contributed by atoms with van der Waals surface area (Å²) in [6.07, 6.45) is 1.42. The molecule has 0 spiro atoms. The van der Waals surface area contributed by atoms with E-state index in [9.17, 15) is 5.11 Å². The lowest BCUT2D eigenvalue weighted by molar-refractivity contribution is 0.324. The summed E-state index contributed by atoms with van der Waals surface area (Å²) in [5.41, 5.74) is 3.97. The number of phenolic OH excluding ortho intramolecular Hbond substituents is 1. The monoisotopic (exact) mass is 357 g/mol. The molecular weight excluding hydrogens is 334 g/mol. The van der Waals surface area contributed by atoms with Crippen molar-refractivity contribution in [2.24, 2.45) is 4.99 Å². The number of benzene rings is 2. The molecule has 6 heteroatoms. The number of hydrogen-bond donors (Lipinski definition) is 1. The van der Waals surface area contributed by atoms with Gasteiger partial charge in [-0.05, 0) is 41.8 Å². The van der Waals surface area contributed by atoms with E-state index in [0.717, 1.165) is 28.8 Å². The van der Waals surface area contributed by atoms with E-state index in [1.54, 1.807) is 34.5 Å². The molecule has 138 valence electrons. The van der Waals surface area contributed by atoms with Gasteiger partial charge in [-0.3, -0.25) is 4.99 Å². The molecule has 3 rings (SSSR count). The van der Waals surface area contributed by atoms with Crippen molar-refractivity contribution >= 4 is 5.71 Å². The van der Waals surface area contributed by atoms with E-state index in [-0.39, 0.29) is 5.75 Å². The average molecular weight is 357 g/mol. The van der Waals surface area contributed by atoms with Crippen LogP contribution < -0.4 is 18.9 Å². The largest absolute Gasteiger partial charge is 0.504 e. The van der Waals surface area contributed by atoms with Gasteiger partial charge in [0.15, 0.2) is 23.0 Å². The summed E-state index contributed by atoms with van der Waals surface area (Å²) >= 11 is 0. The standard InChI is InChI=1S/C20H23NO5/c1-23-17-10-13-5-6-21-15(14(13)11-16(17)22)7-12-8-18(24-2)20(26-4)19(9-12)25-3/h8-11,22H,5-7H2,1-4H3. The molecule has 0 bridgehead atoms. The minimum absolute atomic E-state index is 0.116. The Balaban J connectivity index is 1.98. The molecule has 0 atom stereocenters. The van der Waals surface area contributed by atoms with Crippen LogP contribution in [0.2, 0.25) is 0 Å². The van der Waals surface area contributed by atoms with Crippen molar-refractivity contribution in [1.29, 1.82) is 0 Å². The van der Waals surface area contributed by atoms with E-state index in [4.69, 9.17) is 18.9 Å². The topological polar surface area (TPSA) is 69.5 Å². The van der Waals surface area contributed by atoms with Crippen molar-refractivity contribution in [3.05, 3.63) is 41.0 Å². The van der Waals surface area contributed by atoms with Crippen LogP contribution in [0.1, 0.15) is 16.7 Å². The van der Waals surface area contributed by atoms with E-state index in [2.05, 4.69) is 4.99 Å². The Hall–Kier alpha value is -2.89. The third-order valence-electron chi connectivity index (χ3n) is 4.50. The van der Waals surface area contributed by atoms with E-state index < -0.39 is 0 Å². The van der Waals surface area contributed by atoms with Gasteiger partial charge in [-0.15, -0.1) is 0 Å². The second-order valence-corrected chi connectivity index (χ2v) is 5.97. The highest BCUT2D eigenvalue weighted by Gasteiger charge is 2.20. The van der Waals surface area contributed by atoms with Gasteiger partial charge in [0.2, 0.25) is 5.75 Å². The number of hydrogen-bond acceptors (Lipinski definition) is 6. The number of nitrogens with zero attached hydrogens (tertiary/aromatic N) is 1. The van der Waals surface area contributed by atoms with Crippen LogP contribution in [0.3, 0.4) is 0 Å². The quantitative estimate of drug-likeness (QED) is 0.861. The van der Waals surface area contributed by atoms with Gasteiger partial charge in [-0.25, -0.2) is 0 Å². The molecule has 2 aromatic carbocycles. The molecule has 0 fully saturated rings. The fourth-order valence-electron chi connectivity index (χ4n) is 3.23. The van der Waals surface area contributed by atoms with Gasteiger partial charge >= 0.3 is 0 Å². The van der Waals surface area contributed by atoms with Crippen LogP contribution in [-0.4, -0.2) is 45.8 Å². The van der Waals surface area contributed by atoms with Crippen molar-refractivity contribution in [3.63, 3.8) is 0 Å². The van der Waals surface area contributed by atoms with E-state index in [1.165, 1.54) is 0 Å². The molecule has 2 aromatic rings. The first-order valence-corrected chi connectivity index (χ1v) is 8.33. The zero-order valence-electron chi connectivity index (χ0n) is 15.5. The second kappa shape index (κ2) is 7.56. The van der Waals surface area contributed by atoms with Gasteiger partial charge in [0, 0.05) is 24.2 Å². The van der Waals surface area contributed by atoms with Gasteiger partial charge in [0.05, 0.1) is 28.4 Å². The molecule has 1 heterocycles. The fraction of sp³-hybridized carbons (Fsp3) is 0.350. The van der Waals surface area contributed by atoms with Gasteiger partial charge in [-0.2, -0.15) is 0 Å². The third-order valence-corrected chi connectivity index (χ3v) is 4.50. The van der Waals surface area contributed by atoms with Crippen LogP contribution >= 0.6 is 0 Å². The highest BCUT2D eigenvalue weighted by atomic mass is 16.5. The summed E-state index contributed by atoms with van der Waals surface area (Å²) in [6.45, 7) is 0.709. The summed E-state index contributed by atoms with van der Waals surface area (Å²) in [4.78, 5) is 4.67. The van der Waals surface area contributed by atoms with E-state index in [1.807, 2.05) is 18.2 Å². The van der Waals surface area contributed by atoms with Crippen molar-refractivity contribution in [2.45, 2.75) is 12.8 Å². The smallest absolute Gasteiger partial charge is 0.203 e. The van der Waals surface area contributed by atoms with Crippen molar-refractivity contribution < 1.29 is 24.1 Å². The molecule has 0 aromatic heterocycles. The van der Waals surface area contributed by atoms with Crippen LogP contribution in [0.15, 0.2) is 29.3 Å².